The molecule has 0 unspecified atom stereocenters. The van der Waals surface area contributed by atoms with Gasteiger partial charge in [0.25, 0.3) is 0 Å². The van der Waals surface area contributed by atoms with E-state index in [0.717, 1.165) is 31.6 Å². The van der Waals surface area contributed by atoms with Gasteiger partial charge < -0.3 is 9.32 Å². The van der Waals surface area contributed by atoms with Crippen LogP contribution in [-0.2, 0) is 4.79 Å². The zero-order valence-corrected chi connectivity index (χ0v) is 12.0. The molecule has 1 aliphatic carbocycles. The summed E-state index contributed by atoms with van der Waals surface area (Å²) in [4.78, 5) is 16.1. The van der Waals surface area contributed by atoms with Gasteiger partial charge in [-0.15, -0.1) is 11.3 Å². The maximum atomic E-state index is 12.7. The molecule has 2 aromatic rings. The zero-order chi connectivity index (χ0) is 13.5. The Balaban J connectivity index is 1.49. The molecule has 0 spiro atoms. The van der Waals surface area contributed by atoms with Gasteiger partial charge in [-0.2, -0.15) is 0 Å². The molecule has 1 saturated carbocycles. The van der Waals surface area contributed by atoms with Gasteiger partial charge in [0.1, 0.15) is 5.76 Å². The van der Waals surface area contributed by atoms with Gasteiger partial charge in [0.05, 0.1) is 12.3 Å². The van der Waals surface area contributed by atoms with Crippen LogP contribution in [0.4, 0.5) is 0 Å². The molecule has 1 aliphatic heterocycles. The highest BCUT2D eigenvalue weighted by Crippen LogP contribution is 2.50. The Kier molecular flexibility index (Phi) is 2.91. The second-order valence-electron chi connectivity index (χ2n) is 5.67. The summed E-state index contributed by atoms with van der Waals surface area (Å²) in [7, 11) is 0. The van der Waals surface area contributed by atoms with E-state index < -0.39 is 0 Å². The normalized spacial score (nSPS) is 28.8. The summed E-state index contributed by atoms with van der Waals surface area (Å²) < 4.78 is 5.43. The van der Waals surface area contributed by atoms with E-state index in [2.05, 4.69) is 22.4 Å². The smallest absolute Gasteiger partial charge is 0.226 e. The number of hydrogen-bond donors (Lipinski definition) is 0. The largest absolute Gasteiger partial charge is 0.469 e. The summed E-state index contributed by atoms with van der Waals surface area (Å²) in [5, 5.41) is 2.10. The SMILES string of the molecule is O=C([C@@H]1C[C@@H]1c1ccco1)N1CCC[C@H]1c1cccs1. The molecule has 3 heterocycles. The van der Waals surface area contributed by atoms with Gasteiger partial charge in [0, 0.05) is 23.3 Å². The van der Waals surface area contributed by atoms with Crippen LogP contribution < -0.4 is 0 Å². The van der Waals surface area contributed by atoms with Crippen LogP contribution in [0.15, 0.2) is 40.3 Å². The van der Waals surface area contributed by atoms with Crippen molar-refractivity contribution in [2.45, 2.75) is 31.2 Å². The Hall–Kier alpha value is -1.55. The van der Waals surface area contributed by atoms with Gasteiger partial charge in [-0.25, -0.2) is 0 Å². The average Bonchev–Trinajstić information content (AvgIpc) is 2.97. The molecule has 0 radical (unpaired) electrons. The van der Waals surface area contributed by atoms with Crippen LogP contribution in [0.25, 0.3) is 0 Å². The molecule has 0 aromatic carbocycles. The third-order valence-corrected chi connectivity index (χ3v) is 5.40. The molecule has 2 aliphatic rings. The second kappa shape index (κ2) is 4.77. The summed E-state index contributed by atoms with van der Waals surface area (Å²) in [5.74, 6) is 1.74. The molecule has 1 saturated heterocycles. The highest BCUT2D eigenvalue weighted by molar-refractivity contribution is 7.10. The van der Waals surface area contributed by atoms with Crippen molar-refractivity contribution >= 4 is 17.2 Å². The predicted molar refractivity (Wildman–Crippen MR) is 77.6 cm³/mol. The molecule has 0 N–H and O–H groups in total. The predicted octanol–water partition coefficient (Wildman–Crippen LogP) is 3.81. The minimum Gasteiger partial charge on any atom is -0.469 e. The number of rotatable bonds is 3. The summed E-state index contributed by atoms with van der Waals surface area (Å²) >= 11 is 1.76. The van der Waals surface area contributed by atoms with E-state index in [0.29, 0.717) is 17.9 Å². The molecule has 3 nitrogen and oxygen atoms in total. The van der Waals surface area contributed by atoms with Crippen molar-refractivity contribution in [2.24, 2.45) is 5.92 Å². The third-order valence-electron chi connectivity index (χ3n) is 4.42. The van der Waals surface area contributed by atoms with Crippen molar-refractivity contribution in [3.05, 3.63) is 46.5 Å². The van der Waals surface area contributed by atoms with Gasteiger partial charge >= 0.3 is 0 Å². The Morgan fingerprint density at radius 1 is 1.35 bits per heavy atom. The van der Waals surface area contributed by atoms with Crippen LogP contribution in [0.5, 0.6) is 0 Å². The van der Waals surface area contributed by atoms with E-state index >= 15 is 0 Å². The van der Waals surface area contributed by atoms with Crippen LogP contribution in [0.1, 0.15) is 41.9 Å². The van der Waals surface area contributed by atoms with E-state index in [1.165, 1.54) is 4.88 Å². The first kappa shape index (κ1) is 12.2. The molecule has 3 atom stereocenters. The van der Waals surface area contributed by atoms with E-state index in [4.69, 9.17) is 4.42 Å². The molecule has 104 valence electrons. The molecule has 0 bridgehead atoms. The monoisotopic (exact) mass is 287 g/mol. The fourth-order valence-electron chi connectivity index (χ4n) is 3.30. The van der Waals surface area contributed by atoms with Crippen LogP contribution >= 0.6 is 11.3 Å². The molecule has 2 aromatic heterocycles. The molecule has 2 fully saturated rings. The fourth-order valence-corrected chi connectivity index (χ4v) is 4.18. The van der Waals surface area contributed by atoms with Crippen LogP contribution in [0, 0.1) is 5.92 Å². The van der Waals surface area contributed by atoms with Gasteiger partial charge in [-0.05, 0) is 42.8 Å². The molecule has 4 heteroatoms. The first-order valence-electron chi connectivity index (χ1n) is 7.22. The number of furan rings is 1. The number of amides is 1. The lowest BCUT2D eigenvalue weighted by molar-refractivity contribution is -0.133. The van der Waals surface area contributed by atoms with Gasteiger partial charge in [-0.1, -0.05) is 6.07 Å². The van der Waals surface area contributed by atoms with Crippen molar-refractivity contribution in [2.75, 3.05) is 6.54 Å². The lowest BCUT2D eigenvalue weighted by Gasteiger charge is -2.24. The summed E-state index contributed by atoms with van der Waals surface area (Å²) in [6, 6.07) is 8.42. The maximum absolute atomic E-state index is 12.7. The van der Waals surface area contributed by atoms with E-state index in [-0.39, 0.29) is 5.92 Å². The average molecular weight is 287 g/mol. The maximum Gasteiger partial charge on any atom is 0.226 e. The minimum absolute atomic E-state index is 0.140. The Morgan fingerprint density at radius 2 is 2.30 bits per heavy atom. The van der Waals surface area contributed by atoms with Crippen molar-refractivity contribution in [3.63, 3.8) is 0 Å². The standard InChI is InChI=1S/C16H17NO2S/c18-16(12-10-11(12)14-5-2-8-19-14)17-7-1-4-13(17)15-6-3-9-20-15/h2-3,5-6,8-9,11-13H,1,4,7,10H2/t11-,12+,13-/m0/s1. The van der Waals surface area contributed by atoms with E-state index in [1.54, 1.807) is 17.6 Å². The number of thiophene rings is 1. The van der Waals surface area contributed by atoms with Crippen molar-refractivity contribution in [1.82, 2.24) is 4.90 Å². The van der Waals surface area contributed by atoms with E-state index in [9.17, 15) is 4.79 Å². The Bertz CT molecular complexity index is 590. The first-order valence-corrected chi connectivity index (χ1v) is 8.10. The van der Waals surface area contributed by atoms with Gasteiger partial charge in [0.15, 0.2) is 0 Å². The lowest BCUT2D eigenvalue weighted by atomic mass is 10.1. The van der Waals surface area contributed by atoms with Crippen molar-refractivity contribution < 1.29 is 9.21 Å². The quantitative estimate of drug-likeness (QED) is 0.860. The molecular weight excluding hydrogens is 270 g/mol. The molecule has 1 amide bonds. The molecule has 4 rings (SSSR count). The molecule has 20 heavy (non-hydrogen) atoms. The van der Waals surface area contributed by atoms with Gasteiger partial charge in [0.2, 0.25) is 5.91 Å². The van der Waals surface area contributed by atoms with Crippen LogP contribution in [-0.4, -0.2) is 17.4 Å². The summed E-state index contributed by atoms with van der Waals surface area (Å²) in [6.07, 6.45) is 4.86. The zero-order valence-electron chi connectivity index (χ0n) is 11.2. The number of carbonyl (C=O) groups excluding carboxylic acids is 1. The van der Waals surface area contributed by atoms with Crippen LogP contribution in [0.2, 0.25) is 0 Å². The Morgan fingerprint density at radius 3 is 3.05 bits per heavy atom. The highest BCUT2D eigenvalue weighted by Gasteiger charge is 2.49. The number of likely N-dealkylation sites (tertiary alicyclic amines) is 1. The first-order chi connectivity index (χ1) is 9.84. The third kappa shape index (κ3) is 1.99. The lowest BCUT2D eigenvalue weighted by Crippen LogP contribution is -2.31. The van der Waals surface area contributed by atoms with E-state index in [1.807, 2.05) is 12.1 Å². The number of hydrogen-bond acceptors (Lipinski definition) is 3. The second-order valence-corrected chi connectivity index (χ2v) is 6.65. The number of carbonyl (C=O) groups is 1. The van der Waals surface area contributed by atoms with Crippen molar-refractivity contribution in [1.29, 1.82) is 0 Å². The molecular formula is C16H17NO2S. The fraction of sp³-hybridized carbons (Fsp3) is 0.438. The Labute approximate surface area is 122 Å². The number of nitrogens with zero attached hydrogens (tertiary/aromatic N) is 1. The minimum atomic E-state index is 0.140. The highest BCUT2D eigenvalue weighted by atomic mass is 32.1. The van der Waals surface area contributed by atoms with Crippen LogP contribution in [0.3, 0.4) is 0 Å². The summed E-state index contributed by atoms with van der Waals surface area (Å²) in [5.41, 5.74) is 0. The summed E-state index contributed by atoms with van der Waals surface area (Å²) in [6.45, 7) is 0.906. The van der Waals surface area contributed by atoms with Crippen molar-refractivity contribution in [3.8, 4) is 0 Å². The van der Waals surface area contributed by atoms with Gasteiger partial charge in [-0.3, -0.25) is 4.79 Å². The topological polar surface area (TPSA) is 33.5 Å².